The molecule has 1 atom stereocenters. The lowest BCUT2D eigenvalue weighted by Gasteiger charge is -2.21. The zero-order valence-corrected chi connectivity index (χ0v) is 13.2. The maximum absolute atomic E-state index is 5.55. The molecule has 1 aromatic carbocycles. The molecule has 3 heteroatoms. The molecule has 1 N–H and O–H groups in total. The summed E-state index contributed by atoms with van der Waals surface area (Å²) in [6, 6.07) is 4.59. The lowest BCUT2D eigenvalue weighted by atomic mass is 9.86. The van der Waals surface area contributed by atoms with Gasteiger partial charge in [0.05, 0.1) is 7.11 Å². The topological polar surface area (TPSA) is 21.3 Å². The van der Waals surface area contributed by atoms with E-state index in [1.807, 2.05) is 0 Å². The minimum Gasteiger partial charge on any atom is -0.496 e. The molecule has 2 nitrogen and oxygen atoms in total. The van der Waals surface area contributed by atoms with Gasteiger partial charge in [0.15, 0.2) is 0 Å². The van der Waals surface area contributed by atoms with E-state index in [1.54, 1.807) is 7.11 Å². The van der Waals surface area contributed by atoms with Gasteiger partial charge in [-0.2, -0.15) is 0 Å². The van der Waals surface area contributed by atoms with Gasteiger partial charge in [-0.3, -0.25) is 0 Å². The van der Waals surface area contributed by atoms with Gasteiger partial charge < -0.3 is 10.1 Å². The quantitative estimate of drug-likeness (QED) is 0.900. The number of benzene rings is 1. The van der Waals surface area contributed by atoms with Crippen molar-refractivity contribution in [3.05, 3.63) is 27.7 Å². The second kappa shape index (κ2) is 5.22. The first kappa shape index (κ1) is 13.9. The largest absolute Gasteiger partial charge is 0.496 e. The molecule has 0 bridgehead atoms. The first-order chi connectivity index (χ1) is 8.51. The number of hydrogen-bond donors (Lipinski definition) is 1. The molecule has 1 aliphatic rings. The lowest BCUT2D eigenvalue weighted by molar-refractivity contribution is 0.386. The second-order valence-corrected chi connectivity index (χ2v) is 6.49. The van der Waals surface area contributed by atoms with Gasteiger partial charge in [0.1, 0.15) is 5.75 Å². The molecule has 0 saturated carbocycles. The molecule has 0 fully saturated rings. The van der Waals surface area contributed by atoms with Crippen LogP contribution in [0.15, 0.2) is 16.6 Å². The van der Waals surface area contributed by atoms with Crippen LogP contribution in [0.2, 0.25) is 0 Å². The van der Waals surface area contributed by atoms with Crippen molar-refractivity contribution in [2.24, 2.45) is 0 Å². The van der Waals surface area contributed by atoms with Crippen LogP contribution in [-0.4, -0.2) is 13.7 Å². The van der Waals surface area contributed by atoms with Crippen molar-refractivity contribution in [1.29, 1.82) is 0 Å². The van der Waals surface area contributed by atoms with Gasteiger partial charge in [-0.15, -0.1) is 0 Å². The molecule has 2 rings (SSSR count). The SMILES string of the molecule is CCCNC1CC(C)(C)c2c(OC)ccc(Br)c21. The van der Waals surface area contributed by atoms with E-state index in [4.69, 9.17) is 4.74 Å². The van der Waals surface area contributed by atoms with Crippen LogP contribution < -0.4 is 10.1 Å². The first-order valence-corrected chi connectivity index (χ1v) is 7.40. The molecule has 1 aromatic rings. The average molecular weight is 312 g/mol. The van der Waals surface area contributed by atoms with Gasteiger partial charge in [0.2, 0.25) is 0 Å². The summed E-state index contributed by atoms with van der Waals surface area (Å²) in [5, 5.41) is 3.65. The predicted molar refractivity (Wildman–Crippen MR) is 79.4 cm³/mol. The maximum Gasteiger partial charge on any atom is 0.123 e. The Labute approximate surface area is 118 Å². The van der Waals surface area contributed by atoms with Crippen LogP contribution in [0.5, 0.6) is 5.75 Å². The molecular weight excluding hydrogens is 290 g/mol. The van der Waals surface area contributed by atoms with E-state index in [-0.39, 0.29) is 5.41 Å². The van der Waals surface area contributed by atoms with Crippen molar-refractivity contribution in [1.82, 2.24) is 5.32 Å². The number of ether oxygens (including phenoxy) is 1. The second-order valence-electron chi connectivity index (χ2n) is 5.63. The normalized spacial score (nSPS) is 20.8. The minimum atomic E-state index is 0.163. The van der Waals surface area contributed by atoms with Crippen molar-refractivity contribution in [3.63, 3.8) is 0 Å². The van der Waals surface area contributed by atoms with Crippen molar-refractivity contribution in [2.75, 3.05) is 13.7 Å². The molecule has 0 radical (unpaired) electrons. The third kappa shape index (κ3) is 2.30. The van der Waals surface area contributed by atoms with Gasteiger partial charge in [0, 0.05) is 16.1 Å². The molecule has 0 saturated heterocycles. The van der Waals surface area contributed by atoms with Gasteiger partial charge in [-0.05, 0) is 42.5 Å². The van der Waals surface area contributed by atoms with Crippen LogP contribution in [0.4, 0.5) is 0 Å². The molecule has 0 heterocycles. The Hall–Kier alpha value is -0.540. The Kier molecular flexibility index (Phi) is 4.02. The molecule has 0 spiro atoms. The van der Waals surface area contributed by atoms with Gasteiger partial charge in [0.25, 0.3) is 0 Å². The number of rotatable bonds is 4. The number of fused-ring (bicyclic) bond motifs is 1. The Morgan fingerprint density at radius 2 is 2.17 bits per heavy atom. The number of nitrogens with one attached hydrogen (secondary N) is 1. The zero-order chi connectivity index (χ0) is 13.3. The van der Waals surface area contributed by atoms with Crippen LogP contribution >= 0.6 is 15.9 Å². The van der Waals surface area contributed by atoms with Crippen molar-refractivity contribution < 1.29 is 4.74 Å². The van der Waals surface area contributed by atoms with E-state index in [1.165, 1.54) is 15.6 Å². The summed E-state index contributed by atoms with van der Waals surface area (Å²) in [5.41, 5.74) is 2.90. The van der Waals surface area contributed by atoms with Crippen molar-refractivity contribution >= 4 is 15.9 Å². The van der Waals surface area contributed by atoms with E-state index < -0.39 is 0 Å². The fraction of sp³-hybridized carbons (Fsp3) is 0.600. The van der Waals surface area contributed by atoms with Gasteiger partial charge >= 0.3 is 0 Å². The Bertz CT molecular complexity index is 442. The molecule has 1 aliphatic carbocycles. The standard InChI is InChI=1S/C15H22BrNO/c1-5-8-17-11-9-15(2,3)14-12(18-4)7-6-10(16)13(11)14/h6-7,11,17H,5,8-9H2,1-4H3. The van der Waals surface area contributed by atoms with E-state index in [2.05, 4.69) is 54.2 Å². The fourth-order valence-corrected chi connectivity index (χ4v) is 3.60. The Morgan fingerprint density at radius 1 is 1.44 bits per heavy atom. The van der Waals surface area contributed by atoms with Crippen molar-refractivity contribution in [3.8, 4) is 5.75 Å². The smallest absolute Gasteiger partial charge is 0.123 e. The summed E-state index contributed by atoms with van der Waals surface area (Å²) in [6.45, 7) is 7.86. The van der Waals surface area contributed by atoms with Crippen LogP contribution in [0.1, 0.15) is 50.8 Å². The zero-order valence-electron chi connectivity index (χ0n) is 11.6. The third-order valence-electron chi connectivity index (χ3n) is 3.75. The third-order valence-corrected chi connectivity index (χ3v) is 4.45. The Balaban J connectivity index is 2.48. The Morgan fingerprint density at radius 3 is 2.78 bits per heavy atom. The molecule has 0 aliphatic heterocycles. The molecule has 1 unspecified atom stereocenters. The summed E-state index contributed by atoms with van der Waals surface area (Å²) in [7, 11) is 1.76. The van der Waals surface area contributed by atoms with Crippen LogP contribution in [0.3, 0.4) is 0 Å². The summed E-state index contributed by atoms with van der Waals surface area (Å²) in [5.74, 6) is 1.01. The van der Waals surface area contributed by atoms with Gasteiger partial charge in [-0.1, -0.05) is 36.7 Å². The summed E-state index contributed by atoms with van der Waals surface area (Å²) >= 11 is 3.70. The lowest BCUT2D eigenvalue weighted by Crippen LogP contribution is -2.22. The predicted octanol–water partition coefficient (Wildman–Crippen LogP) is 4.18. The van der Waals surface area contributed by atoms with E-state index in [0.29, 0.717) is 6.04 Å². The summed E-state index contributed by atoms with van der Waals surface area (Å²) < 4.78 is 6.74. The molecular formula is C15H22BrNO. The summed E-state index contributed by atoms with van der Waals surface area (Å²) in [6.07, 6.45) is 2.29. The molecule has 18 heavy (non-hydrogen) atoms. The molecule has 100 valence electrons. The number of methoxy groups -OCH3 is 1. The highest BCUT2D eigenvalue weighted by molar-refractivity contribution is 9.10. The highest BCUT2D eigenvalue weighted by Crippen LogP contribution is 2.51. The fourth-order valence-electron chi connectivity index (χ4n) is 2.99. The number of hydrogen-bond acceptors (Lipinski definition) is 2. The van der Waals surface area contributed by atoms with Gasteiger partial charge in [-0.25, -0.2) is 0 Å². The van der Waals surface area contributed by atoms with Crippen LogP contribution in [0, 0.1) is 0 Å². The molecule has 0 amide bonds. The molecule has 0 aromatic heterocycles. The minimum absolute atomic E-state index is 0.163. The monoisotopic (exact) mass is 311 g/mol. The van der Waals surface area contributed by atoms with E-state index >= 15 is 0 Å². The van der Waals surface area contributed by atoms with Crippen molar-refractivity contribution in [2.45, 2.75) is 45.1 Å². The number of halogens is 1. The first-order valence-electron chi connectivity index (χ1n) is 6.61. The highest BCUT2D eigenvalue weighted by atomic mass is 79.9. The van der Waals surface area contributed by atoms with Crippen LogP contribution in [-0.2, 0) is 5.41 Å². The summed E-state index contributed by atoms with van der Waals surface area (Å²) in [4.78, 5) is 0. The van der Waals surface area contributed by atoms with E-state index in [9.17, 15) is 0 Å². The van der Waals surface area contributed by atoms with Crippen LogP contribution in [0.25, 0.3) is 0 Å². The maximum atomic E-state index is 5.55. The highest BCUT2D eigenvalue weighted by Gasteiger charge is 2.40. The van der Waals surface area contributed by atoms with E-state index in [0.717, 1.165) is 25.1 Å². The average Bonchev–Trinajstić information content (AvgIpc) is 2.60.